The summed E-state index contributed by atoms with van der Waals surface area (Å²) in [7, 11) is 3.15. The van der Waals surface area contributed by atoms with Crippen LogP contribution in [0.1, 0.15) is 18.9 Å². The van der Waals surface area contributed by atoms with Crippen molar-refractivity contribution in [1.82, 2.24) is 0 Å². The second-order valence-electron chi connectivity index (χ2n) is 3.83. The van der Waals surface area contributed by atoms with E-state index in [1.54, 1.807) is 20.3 Å². The van der Waals surface area contributed by atoms with Gasteiger partial charge < -0.3 is 14.6 Å². The van der Waals surface area contributed by atoms with Gasteiger partial charge in [0.2, 0.25) is 0 Å². The van der Waals surface area contributed by atoms with Gasteiger partial charge in [0.25, 0.3) is 0 Å². The number of carboxylic acid groups (broad SMARTS) is 1. The van der Waals surface area contributed by atoms with Crippen LogP contribution in [0.5, 0.6) is 11.5 Å². The second-order valence-corrected chi connectivity index (χ2v) is 3.83. The number of hydrogen-bond donors (Lipinski definition) is 1. The van der Waals surface area contributed by atoms with E-state index in [2.05, 4.69) is 0 Å². The molecule has 0 saturated carbocycles. The molecule has 0 heterocycles. The van der Waals surface area contributed by atoms with Crippen LogP contribution in [0.25, 0.3) is 0 Å². The van der Waals surface area contributed by atoms with Crippen LogP contribution < -0.4 is 9.47 Å². The molecule has 1 rings (SSSR count). The van der Waals surface area contributed by atoms with Crippen LogP contribution in [0, 0.1) is 5.92 Å². The van der Waals surface area contributed by atoms with Crippen LogP contribution in [0.3, 0.4) is 0 Å². The summed E-state index contributed by atoms with van der Waals surface area (Å²) in [4.78, 5) is 11.0. The molecule has 4 nitrogen and oxygen atoms in total. The molecule has 0 bridgehead atoms. The number of carbonyl (C=O) groups is 1. The Labute approximate surface area is 101 Å². The SMILES string of the molecule is CCC(Cc1ccc(OC)cc1OC)C(=O)O. The summed E-state index contributed by atoms with van der Waals surface area (Å²) in [6.45, 7) is 1.87. The number of hydrogen-bond acceptors (Lipinski definition) is 3. The summed E-state index contributed by atoms with van der Waals surface area (Å²) in [5, 5.41) is 9.03. The second kappa shape index (κ2) is 6.13. The zero-order chi connectivity index (χ0) is 12.8. The van der Waals surface area contributed by atoms with Gasteiger partial charge in [-0.2, -0.15) is 0 Å². The van der Waals surface area contributed by atoms with Gasteiger partial charge in [-0.15, -0.1) is 0 Å². The van der Waals surface area contributed by atoms with Crippen molar-refractivity contribution in [2.75, 3.05) is 14.2 Å². The molecule has 0 spiro atoms. The van der Waals surface area contributed by atoms with E-state index in [1.165, 1.54) is 0 Å². The molecule has 1 aromatic carbocycles. The maximum atomic E-state index is 11.0. The standard InChI is InChI=1S/C13H18O4/c1-4-9(13(14)15)7-10-5-6-11(16-2)8-12(10)17-3/h5-6,8-9H,4,7H2,1-3H3,(H,14,15). The van der Waals surface area contributed by atoms with Gasteiger partial charge in [0.15, 0.2) is 0 Å². The molecule has 1 aromatic rings. The lowest BCUT2D eigenvalue weighted by Gasteiger charge is -2.13. The van der Waals surface area contributed by atoms with Gasteiger partial charge in [-0.1, -0.05) is 13.0 Å². The average molecular weight is 238 g/mol. The van der Waals surface area contributed by atoms with E-state index in [1.807, 2.05) is 19.1 Å². The minimum atomic E-state index is -0.773. The molecule has 0 radical (unpaired) electrons. The van der Waals surface area contributed by atoms with Crippen LogP contribution in [0.2, 0.25) is 0 Å². The summed E-state index contributed by atoms with van der Waals surface area (Å²) in [5.74, 6) is 0.223. The van der Waals surface area contributed by atoms with Crippen LogP contribution in [0.15, 0.2) is 18.2 Å². The Bertz CT molecular complexity index is 387. The first-order valence-electron chi connectivity index (χ1n) is 5.56. The van der Waals surface area contributed by atoms with Crippen LogP contribution >= 0.6 is 0 Å². The van der Waals surface area contributed by atoms with E-state index in [0.29, 0.717) is 24.3 Å². The summed E-state index contributed by atoms with van der Waals surface area (Å²) in [6.07, 6.45) is 1.07. The van der Waals surface area contributed by atoms with Crippen molar-refractivity contribution in [2.45, 2.75) is 19.8 Å². The molecule has 17 heavy (non-hydrogen) atoms. The van der Waals surface area contributed by atoms with Gasteiger partial charge in [0.1, 0.15) is 11.5 Å². The number of ether oxygens (including phenoxy) is 2. The quantitative estimate of drug-likeness (QED) is 0.826. The highest BCUT2D eigenvalue weighted by atomic mass is 16.5. The predicted octanol–water partition coefficient (Wildman–Crippen LogP) is 2.36. The van der Waals surface area contributed by atoms with Crippen molar-refractivity contribution in [3.8, 4) is 11.5 Å². The highest BCUT2D eigenvalue weighted by Gasteiger charge is 2.18. The summed E-state index contributed by atoms with van der Waals surface area (Å²) in [6, 6.07) is 5.43. The first-order chi connectivity index (χ1) is 8.12. The van der Waals surface area contributed by atoms with E-state index in [4.69, 9.17) is 14.6 Å². The molecule has 0 aromatic heterocycles. The maximum absolute atomic E-state index is 11.0. The predicted molar refractivity (Wildman–Crippen MR) is 64.7 cm³/mol. The fourth-order valence-electron chi connectivity index (χ4n) is 1.69. The summed E-state index contributed by atoms with van der Waals surface area (Å²) >= 11 is 0. The van der Waals surface area contributed by atoms with Gasteiger partial charge in [-0.05, 0) is 24.5 Å². The number of aliphatic carboxylic acids is 1. The van der Waals surface area contributed by atoms with E-state index < -0.39 is 5.97 Å². The van der Waals surface area contributed by atoms with Gasteiger partial charge in [-0.3, -0.25) is 4.79 Å². The number of carboxylic acids is 1. The van der Waals surface area contributed by atoms with Crippen LogP contribution in [-0.2, 0) is 11.2 Å². The molecule has 0 aliphatic rings. The van der Waals surface area contributed by atoms with Crippen molar-refractivity contribution < 1.29 is 19.4 Å². The Kier molecular flexibility index (Phi) is 4.82. The molecule has 0 saturated heterocycles. The van der Waals surface area contributed by atoms with Crippen molar-refractivity contribution in [3.05, 3.63) is 23.8 Å². The van der Waals surface area contributed by atoms with Crippen molar-refractivity contribution >= 4 is 5.97 Å². The van der Waals surface area contributed by atoms with E-state index >= 15 is 0 Å². The fourth-order valence-corrected chi connectivity index (χ4v) is 1.69. The first-order valence-corrected chi connectivity index (χ1v) is 5.56. The Balaban J connectivity index is 2.93. The topological polar surface area (TPSA) is 55.8 Å². The molecule has 1 N–H and O–H groups in total. The van der Waals surface area contributed by atoms with Crippen LogP contribution in [-0.4, -0.2) is 25.3 Å². The molecule has 0 aliphatic carbocycles. The fraction of sp³-hybridized carbons (Fsp3) is 0.462. The lowest BCUT2D eigenvalue weighted by atomic mass is 9.96. The lowest BCUT2D eigenvalue weighted by molar-refractivity contribution is -0.141. The molecular weight excluding hydrogens is 220 g/mol. The van der Waals surface area contributed by atoms with Gasteiger partial charge in [0.05, 0.1) is 20.1 Å². The minimum Gasteiger partial charge on any atom is -0.497 e. The molecule has 0 aliphatic heterocycles. The number of benzene rings is 1. The maximum Gasteiger partial charge on any atom is 0.306 e. The Morgan fingerprint density at radius 2 is 2.06 bits per heavy atom. The van der Waals surface area contributed by atoms with Crippen LogP contribution in [0.4, 0.5) is 0 Å². The van der Waals surface area contributed by atoms with Crippen molar-refractivity contribution in [2.24, 2.45) is 5.92 Å². The molecule has 1 atom stereocenters. The Morgan fingerprint density at radius 3 is 2.53 bits per heavy atom. The van der Waals surface area contributed by atoms with E-state index in [-0.39, 0.29) is 5.92 Å². The smallest absolute Gasteiger partial charge is 0.306 e. The zero-order valence-corrected chi connectivity index (χ0v) is 10.4. The molecule has 0 amide bonds. The largest absolute Gasteiger partial charge is 0.497 e. The van der Waals surface area contributed by atoms with Gasteiger partial charge in [-0.25, -0.2) is 0 Å². The first kappa shape index (κ1) is 13.4. The molecule has 0 fully saturated rings. The molecular formula is C13H18O4. The Hall–Kier alpha value is -1.71. The highest BCUT2D eigenvalue weighted by Crippen LogP contribution is 2.27. The minimum absolute atomic E-state index is 0.378. The summed E-state index contributed by atoms with van der Waals surface area (Å²) < 4.78 is 10.3. The number of methoxy groups -OCH3 is 2. The third kappa shape index (κ3) is 3.37. The average Bonchev–Trinajstić information content (AvgIpc) is 2.35. The Morgan fingerprint density at radius 1 is 1.35 bits per heavy atom. The van der Waals surface area contributed by atoms with Gasteiger partial charge >= 0.3 is 5.97 Å². The van der Waals surface area contributed by atoms with Crippen molar-refractivity contribution in [3.63, 3.8) is 0 Å². The van der Waals surface area contributed by atoms with E-state index in [0.717, 1.165) is 5.56 Å². The monoisotopic (exact) mass is 238 g/mol. The van der Waals surface area contributed by atoms with E-state index in [9.17, 15) is 4.79 Å². The number of rotatable bonds is 6. The van der Waals surface area contributed by atoms with Gasteiger partial charge in [0, 0.05) is 6.07 Å². The van der Waals surface area contributed by atoms with Crippen molar-refractivity contribution in [1.29, 1.82) is 0 Å². The highest BCUT2D eigenvalue weighted by molar-refractivity contribution is 5.70. The third-order valence-corrected chi connectivity index (χ3v) is 2.80. The normalized spacial score (nSPS) is 11.9. The summed E-state index contributed by atoms with van der Waals surface area (Å²) in [5.41, 5.74) is 0.891. The molecule has 4 heteroatoms. The molecule has 94 valence electrons. The zero-order valence-electron chi connectivity index (χ0n) is 10.4. The third-order valence-electron chi connectivity index (χ3n) is 2.80. The molecule has 1 unspecified atom stereocenters. The lowest BCUT2D eigenvalue weighted by Crippen LogP contribution is -2.15.